The quantitative estimate of drug-likeness (QED) is 0.179. The normalized spacial score (nSPS) is 15.6. The first-order valence-corrected chi connectivity index (χ1v) is 18.4. The summed E-state index contributed by atoms with van der Waals surface area (Å²) in [7, 11) is 0. The second-order valence-electron chi connectivity index (χ2n) is 14.7. The molecule has 1 spiro atoms. The summed E-state index contributed by atoms with van der Waals surface area (Å²) in [6.07, 6.45) is 0. The Balaban J connectivity index is 1.12. The maximum atomic E-state index is 5.16. The van der Waals surface area contributed by atoms with E-state index in [4.69, 9.17) is 4.98 Å². The van der Waals surface area contributed by atoms with Crippen LogP contribution < -0.4 is 0 Å². The van der Waals surface area contributed by atoms with Crippen molar-refractivity contribution in [2.45, 2.75) is 5.41 Å². The van der Waals surface area contributed by atoms with Crippen LogP contribution in [-0.4, -0.2) is 14.0 Å². The minimum atomic E-state index is -0.479. The summed E-state index contributed by atoms with van der Waals surface area (Å²) in [6, 6.07) is 65.3. The Morgan fingerprint density at radius 2 is 1.08 bits per heavy atom. The van der Waals surface area contributed by atoms with Crippen LogP contribution in [0.15, 0.2) is 176 Å². The van der Waals surface area contributed by atoms with Gasteiger partial charge in [-0.25, -0.2) is 4.98 Å². The summed E-state index contributed by atoms with van der Waals surface area (Å²) in [5.41, 5.74) is 19.2. The van der Waals surface area contributed by atoms with E-state index in [9.17, 15) is 0 Å². The summed E-state index contributed by atoms with van der Waals surface area (Å²) in [4.78, 5) is 5.16. The molecule has 3 nitrogen and oxygen atoms in total. The molecular formula is C50H29N3. The molecule has 7 aromatic carbocycles. The van der Waals surface area contributed by atoms with Crippen molar-refractivity contribution >= 4 is 49.3 Å². The van der Waals surface area contributed by atoms with Crippen LogP contribution in [-0.2, 0) is 5.41 Å². The lowest BCUT2D eigenvalue weighted by Gasteiger charge is -2.39. The van der Waals surface area contributed by atoms with E-state index in [0.29, 0.717) is 0 Å². The average Bonchev–Trinajstić information content (AvgIpc) is 3.96. The maximum absolute atomic E-state index is 5.16. The molecule has 4 aromatic heterocycles. The van der Waals surface area contributed by atoms with Gasteiger partial charge in [0.1, 0.15) is 5.65 Å². The Kier molecular flexibility index (Phi) is 5.06. The van der Waals surface area contributed by atoms with Gasteiger partial charge in [-0.15, -0.1) is 0 Å². The molecule has 13 rings (SSSR count). The van der Waals surface area contributed by atoms with E-state index >= 15 is 0 Å². The van der Waals surface area contributed by atoms with Gasteiger partial charge < -0.3 is 4.57 Å². The third kappa shape index (κ3) is 3.26. The van der Waals surface area contributed by atoms with Crippen molar-refractivity contribution in [3.63, 3.8) is 0 Å². The molecule has 1 unspecified atom stereocenters. The number of nitrogens with zero attached hydrogens (tertiary/aromatic N) is 3. The molecule has 0 bridgehead atoms. The van der Waals surface area contributed by atoms with E-state index in [-0.39, 0.29) is 0 Å². The predicted octanol–water partition coefficient (Wildman–Crippen LogP) is 12.2. The zero-order valence-electron chi connectivity index (χ0n) is 28.6. The number of hydrogen-bond acceptors (Lipinski definition) is 1. The Hall–Kier alpha value is -6.97. The topological polar surface area (TPSA) is 22.2 Å². The van der Waals surface area contributed by atoms with E-state index in [1.807, 2.05) is 0 Å². The molecule has 0 radical (unpaired) electrons. The molecular weight excluding hydrogens is 643 g/mol. The first-order chi connectivity index (χ1) is 26.3. The zero-order valence-corrected chi connectivity index (χ0v) is 28.6. The number of benzene rings is 7. The molecule has 244 valence electrons. The molecule has 1 aliphatic carbocycles. The molecule has 5 heterocycles. The Morgan fingerprint density at radius 1 is 0.396 bits per heavy atom. The fourth-order valence-corrected chi connectivity index (χ4v) is 10.2. The highest BCUT2D eigenvalue weighted by atomic mass is 15.0. The lowest BCUT2D eigenvalue weighted by Crippen LogP contribution is -2.33. The van der Waals surface area contributed by atoms with Gasteiger partial charge in [0, 0.05) is 27.1 Å². The molecule has 0 N–H and O–H groups in total. The van der Waals surface area contributed by atoms with E-state index in [0.717, 1.165) is 16.9 Å². The van der Waals surface area contributed by atoms with Crippen LogP contribution in [0.3, 0.4) is 0 Å². The first-order valence-electron chi connectivity index (χ1n) is 18.4. The van der Waals surface area contributed by atoms with E-state index in [1.165, 1.54) is 93.8 Å². The second-order valence-corrected chi connectivity index (χ2v) is 14.7. The SMILES string of the molecule is c1ccc(-c2nc3cccc4c5ccc(-c6ccc7c(c6)C6(c8ccccc8-7)c7ccccc7-n7c8ccccc8c8cccc6c87)cc5c2n34)cc1. The molecule has 2 aliphatic rings. The van der Waals surface area contributed by atoms with Crippen molar-refractivity contribution < 1.29 is 0 Å². The minimum absolute atomic E-state index is 0.479. The van der Waals surface area contributed by atoms with Gasteiger partial charge in [-0.1, -0.05) is 140 Å². The summed E-state index contributed by atoms with van der Waals surface area (Å²) < 4.78 is 4.85. The molecule has 0 fully saturated rings. The predicted molar refractivity (Wildman–Crippen MR) is 217 cm³/mol. The van der Waals surface area contributed by atoms with Gasteiger partial charge in [-0.2, -0.15) is 0 Å². The average molecular weight is 672 g/mol. The summed E-state index contributed by atoms with van der Waals surface area (Å²) in [6.45, 7) is 0. The van der Waals surface area contributed by atoms with Crippen molar-refractivity contribution in [3.8, 4) is 39.2 Å². The van der Waals surface area contributed by atoms with Crippen molar-refractivity contribution in [1.82, 2.24) is 14.0 Å². The van der Waals surface area contributed by atoms with Crippen LogP contribution in [0.1, 0.15) is 22.3 Å². The number of fused-ring (bicyclic) bond motifs is 15. The fourth-order valence-electron chi connectivity index (χ4n) is 10.2. The summed E-state index contributed by atoms with van der Waals surface area (Å²) in [5.74, 6) is 0. The van der Waals surface area contributed by atoms with E-state index in [1.54, 1.807) is 0 Å². The number of pyridine rings is 1. The van der Waals surface area contributed by atoms with Crippen molar-refractivity contribution in [2.24, 2.45) is 0 Å². The molecule has 0 amide bonds. The fraction of sp³-hybridized carbons (Fsp3) is 0.0200. The Labute approximate surface area is 305 Å². The highest BCUT2D eigenvalue weighted by molar-refractivity contribution is 6.15. The van der Waals surface area contributed by atoms with Gasteiger partial charge in [0.2, 0.25) is 0 Å². The number of imidazole rings is 1. The van der Waals surface area contributed by atoms with Crippen LogP contribution in [0.5, 0.6) is 0 Å². The van der Waals surface area contributed by atoms with E-state index < -0.39 is 5.41 Å². The van der Waals surface area contributed by atoms with Gasteiger partial charge in [-0.05, 0) is 80.9 Å². The third-order valence-corrected chi connectivity index (χ3v) is 12.3. The van der Waals surface area contributed by atoms with Gasteiger partial charge in [-0.3, -0.25) is 4.40 Å². The molecule has 0 saturated heterocycles. The minimum Gasteiger partial charge on any atom is -0.309 e. The zero-order chi connectivity index (χ0) is 34.4. The van der Waals surface area contributed by atoms with Crippen molar-refractivity contribution in [1.29, 1.82) is 0 Å². The van der Waals surface area contributed by atoms with Gasteiger partial charge in [0.05, 0.1) is 38.9 Å². The van der Waals surface area contributed by atoms with Crippen molar-refractivity contribution in [3.05, 3.63) is 198 Å². The third-order valence-electron chi connectivity index (χ3n) is 12.3. The molecule has 1 atom stereocenters. The molecule has 53 heavy (non-hydrogen) atoms. The first kappa shape index (κ1) is 27.7. The summed E-state index contributed by atoms with van der Waals surface area (Å²) >= 11 is 0. The largest absolute Gasteiger partial charge is 0.309 e. The summed E-state index contributed by atoms with van der Waals surface area (Å²) in [5, 5.41) is 5.07. The van der Waals surface area contributed by atoms with Gasteiger partial charge in [0.25, 0.3) is 0 Å². The van der Waals surface area contributed by atoms with Crippen LogP contribution in [0, 0.1) is 0 Å². The van der Waals surface area contributed by atoms with Gasteiger partial charge >= 0.3 is 0 Å². The standard InChI is InChI=1S/C50H29N3/c1-2-12-30(13-3-1)47-49-38-28-31(25-27-36(38)44-22-11-23-46(51-47)53(44)49)32-24-26-34-33-14-4-6-17-39(33)50(42(34)29-32)40-18-7-9-21-45(40)52-43-20-8-5-15-35(43)37-16-10-19-41(50)48(37)52/h1-29H. The number of aromatic nitrogens is 3. The Morgan fingerprint density at radius 3 is 2.02 bits per heavy atom. The van der Waals surface area contributed by atoms with Crippen LogP contribution in [0.25, 0.3) is 88.5 Å². The molecule has 3 heteroatoms. The number of para-hydroxylation sites is 3. The van der Waals surface area contributed by atoms with E-state index in [2.05, 4.69) is 185 Å². The number of rotatable bonds is 2. The van der Waals surface area contributed by atoms with Crippen LogP contribution >= 0.6 is 0 Å². The number of hydrogen-bond donors (Lipinski definition) is 0. The lowest BCUT2D eigenvalue weighted by molar-refractivity contribution is 0.749. The molecule has 11 aromatic rings. The highest BCUT2D eigenvalue weighted by Crippen LogP contribution is 2.61. The lowest BCUT2D eigenvalue weighted by atomic mass is 9.65. The van der Waals surface area contributed by atoms with Gasteiger partial charge in [0.15, 0.2) is 0 Å². The molecule has 0 saturated carbocycles. The highest BCUT2D eigenvalue weighted by Gasteiger charge is 2.50. The Bertz CT molecular complexity index is 3350. The maximum Gasteiger partial charge on any atom is 0.138 e. The smallest absolute Gasteiger partial charge is 0.138 e. The van der Waals surface area contributed by atoms with Crippen LogP contribution in [0.2, 0.25) is 0 Å². The molecule has 1 aliphatic heterocycles. The second kappa shape index (κ2) is 9.67. The monoisotopic (exact) mass is 671 g/mol. The van der Waals surface area contributed by atoms with Crippen molar-refractivity contribution in [2.75, 3.05) is 0 Å². The van der Waals surface area contributed by atoms with Crippen LogP contribution in [0.4, 0.5) is 0 Å².